The summed E-state index contributed by atoms with van der Waals surface area (Å²) < 4.78 is 10.5. The van der Waals surface area contributed by atoms with E-state index in [0.717, 1.165) is 31.0 Å². The molecule has 22 heavy (non-hydrogen) atoms. The fourth-order valence-corrected chi connectivity index (χ4v) is 2.38. The van der Waals surface area contributed by atoms with E-state index in [1.165, 1.54) is 0 Å². The molecule has 1 N–H and O–H groups in total. The number of anilines is 1. The molecule has 0 spiro atoms. The number of nitrogens with zero attached hydrogens (tertiary/aromatic N) is 2. The highest BCUT2D eigenvalue weighted by Gasteiger charge is 2.27. The standard InChI is InChI=1S/C16H25N3O3/c1-16(2,3)22-15(20)19-9-5-6-12(11-19)18-14-8-7-13(21-4)10-17-14/h7-8,10,12H,5-6,9,11H2,1-4H3,(H,17,18). The van der Waals surface area contributed by atoms with Crippen LogP contribution in [-0.2, 0) is 4.74 Å². The lowest BCUT2D eigenvalue weighted by atomic mass is 10.1. The summed E-state index contributed by atoms with van der Waals surface area (Å²) in [5.41, 5.74) is -0.463. The van der Waals surface area contributed by atoms with E-state index in [9.17, 15) is 4.79 Å². The third-order valence-corrected chi connectivity index (χ3v) is 3.40. The summed E-state index contributed by atoms with van der Waals surface area (Å²) in [5.74, 6) is 1.52. The van der Waals surface area contributed by atoms with Gasteiger partial charge in [0.25, 0.3) is 0 Å². The first-order chi connectivity index (χ1) is 10.4. The second-order valence-electron chi connectivity index (χ2n) is 6.49. The van der Waals surface area contributed by atoms with Gasteiger partial charge in [-0.05, 0) is 45.7 Å². The maximum absolute atomic E-state index is 12.1. The first-order valence-corrected chi connectivity index (χ1v) is 7.62. The van der Waals surface area contributed by atoms with Gasteiger partial charge in [-0.3, -0.25) is 0 Å². The smallest absolute Gasteiger partial charge is 0.410 e. The van der Waals surface area contributed by atoms with Gasteiger partial charge in [-0.15, -0.1) is 0 Å². The number of pyridine rings is 1. The van der Waals surface area contributed by atoms with E-state index in [-0.39, 0.29) is 12.1 Å². The Morgan fingerprint density at radius 2 is 2.18 bits per heavy atom. The van der Waals surface area contributed by atoms with Gasteiger partial charge in [-0.1, -0.05) is 0 Å². The van der Waals surface area contributed by atoms with Crippen molar-refractivity contribution in [2.24, 2.45) is 0 Å². The van der Waals surface area contributed by atoms with Gasteiger partial charge >= 0.3 is 6.09 Å². The van der Waals surface area contributed by atoms with Crippen LogP contribution in [0.4, 0.5) is 10.6 Å². The molecule has 1 unspecified atom stereocenters. The number of rotatable bonds is 3. The van der Waals surface area contributed by atoms with E-state index in [4.69, 9.17) is 9.47 Å². The third-order valence-electron chi connectivity index (χ3n) is 3.40. The number of piperidine rings is 1. The van der Waals surface area contributed by atoms with Gasteiger partial charge < -0.3 is 19.7 Å². The molecule has 2 rings (SSSR count). The third kappa shape index (κ3) is 4.79. The largest absolute Gasteiger partial charge is 0.495 e. The summed E-state index contributed by atoms with van der Waals surface area (Å²) in [6.07, 6.45) is 3.39. The predicted octanol–water partition coefficient (Wildman–Crippen LogP) is 2.90. The Morgan fingerprint density at radius 1 is 1.41 bits per heavy atom. The molecular formula is C16H25N3O3. The van der Waals surface area contributed by atoms with Gasteiger partial charge in [0.05, 0.1) is 13.3 Å². The first kappa shape index (κ1) is 16.4. The van der Waals surface area contributed by atoms with Gasteiger partial charge in [0.1, 0.15) is 17.2 Å². The monoisotopic (exact) mass is 307 g/mol. The highest BCUT2D eigenvalue weighted by Crippen LogP contribution is 2.19. The average Bonchev–Trinajstić information content (AvgIpc) is 2.46. The Hall–Kier alpha value is -1.98. The zero-order valence-electron chi connectivity index (χ0n) is 13.8. The SMILES string of the molecule is COc1ccc(NC2CCCN(C(=O)OC(C)(C)C)C2)nc1. The molecule has 1 aromatic rings. The van der Waals surface area contributed by atoms with Gasteiger partial charge in [0.15, 0.2) is 0 Å². The van der Waals surface area contributed by atoms with Crippen molar-refractivity contribution in [3.8, 4) is 5.75 Å². The van der Waals surface area contributed by atoms with Crippen molar-refractivity contribution in [2.45, 2.75) is 45.3 Å². The van der Waals surface area contributed by atoms with Gasteiger partial charge in [-0.25, -0.2) is 9.78 Å². The van der Waals surface area contributed by atoms with Gasteiger partial charge in [-0.2, -0.15) is 0 Å². The van der Waals surface area contributed by atoms with Crippen molar-refractivity contribution in [3.05, 3.63) is 18.3 Å². The highest BCUT2D eigenvalue weighted by molar-refractivity contribution is 5.68. The minimum atomic E-state index is -0.463. The molecule has 2 heterocycles. The van der Waals surface area contributed by atoms with Crippen LogP contribution in [-0.4, -0.2) is 47.8 Å². The van der Waals surface area contributed by atoms with Crippen molar-refractivity contribution >= 4 is 11.9 Å². The number of hydrogen-bond donors (Lipinski definition) is 1. The molecule has 1 fully saturated rings. The maximum atomic E-state index is 12.1. The van der Waals surface area contributed by atoms with E-state index in [2.05, 4.69) is 10.3 Å². The van der Waals surface area contributed by atoms with E-state index < -0.39 is 5.60 Å². The molecule has 1 atom stereocenters. The Kier molecular flexibility index (Phi) is 5.11. The number of likely N-dealkylation sites (tertiary alicyclic amines) is 1. The van der Waals surface area contributed by atoms with E-state index in [0.29, 0.717) is 6.54 Å². The molecule has 1 aliphatic heterocycles. The van der Waals surface area contributed by atoms with Crippen LogP contribution in [0.3, 0.4) is 0 Å². The predicted molar refractivity (Wildman–Crippen MR) is 85.2 cm³/mol. The average molecular weight is 307 g/mol. The number of ether oxygens (including phenoxy) is 2. The molecule has 0 bridgehead atoms. The van der Waals surface area contributed by atoms with Crippen LogP contribution in [0.5, 0.6) is 5.75 Å². The van der Waals surface area contributed by atoms with Gasteiger partial charge in [0, 0.05) is 19.1 Å². The Labute approximate surface area is 131 Å². The molecule has 0 radical (unpaired) electrons. The number of carbonyl (C=O) groups excluding carboxylic acids is 1. The zero-order chi connectivity index (χ0) is 16.2. The van der Waals surface area contributed by atoms with Crippen molar-refractivity contribution in [1.29, 1.82) is 0 Å². The lowest BCUT2D eigenvalue weighted by Gasteiger charge is -2.34. The summed E-state index contributed by atoms with van der Waals surface area (Å²) in [5, 5.41) is 3.36. The summed E-state index contributed by atoms with van der Waals surface area (Å²) >= 11 is 0. The molecule has 1 aliphatic rings. The highest BCUT2D eigenvalue weighted by atomic mass is 16.6. The Bertz CT molecular complexity index is 496. The zero-order valence-corrected chi connectivity index (χ0v) is 13.8. The molecule has 0 aliphatic carbocycles. The van der Waals surface area contributed by atoms with Crippen molar-refractivity contribution < 1.29 is 14.3 Å². The van der Waals surface area contributed by atoms with Crippen LogP contribution in [0.2, 0.25) is 0 Å². The van der Waals surface area contributed by atoms with E-state index in [1.54, 1.807) is 18.2 Å². The molecule has 1 aromatic heterocycles. The number of carbonyl (C=O) groups is 1. The molecule has 6 heteroatoms. The van der Waals surface area contributed by atoms with Crippen molar-refractivity contribution in [3.63, 3.8) is 0 Å². The number of amides is 1. The summed E-state index contributed by atoms with van der Waals surface area (Å²) in [4.78, 5) is 18.2. The number of hydrogen-bond acceptors (Lipinski definition) is 5. The second kappa shape index (κ2) is 6.85. The molecule has 1 saturated heterocycles. The van der Waals surface area contributed by atoms with E-state index in [1.807, 2.05) is 32.9 Å². The normalized spacial score (nSPS) is 18.7. The lowest BCUT2D eigenvalue weighted by molar-refractivity contribution is 0.0206. The van der Waals surface area contributed by atoms with Crippen molar-refractivity contribution in [1.82, 2.24) is 9.88 Å². The first-order valence-electron chi connectivity index (χ1n) is 7.62. The number of methoxy groups -OCH3 is 1. The number of aromatic nitrogens is 1. The summed E-state index contributed by atoms with van der Waals surface area (Å²) in [6.45, 7) is 7.01. The quantitative estimate of drug-likeness (QED) is 0.930. The molecule has 122 valence electrons. The lowest BCUT2D eigenvalue weighted by Crippen LogP contribution is -2.47. The van der Waals surface area contributed by atoms with Crippen LogP contribution in [0.15, 0.2) is 18.3 Å². The maximum Gasteiger partial charge on any atom is 0.410 e. The fraction of sp³-hybridized carbons (Fsp3) is 0.625. The summed E-state index contributed by atoms with van der Waals surface area (Å²) in [7, 11) is 1.62. The molecule has 0 aromatic carbocycles. The van der Waals surface area contributed by atoms with Crippen LogP contribution in [0.25, 0.3) is 0 Å². The number of nitrogens with one attached hydrogen (secondary N) is 1. The van der Waals surface area contributed by atoms with Crippen LogP contribution in [0, 0.1) is 0 Å². The molecule has 1 amide bonds. The minimum Gasteiger partial charge on any atom is -0.495 e. The van der Waals surface area contributed by atoms with Crippen LogP contribution in [0.1, 0.15) is 33.6 Å². The van der Waals surface area contributed by atoms with Crippen molar-refractivity contribution in [2.75, 3.05) is 25.5 Å². The minimum absolute atomic E-state index is 0.183. The van der Waals surface area contributed by atoms with Crippen LogP contribution < -0.4 is 10.1 Å². The molecular weight excluding hydrogens is 282 g/mol. The Balaban J connectivity index is 1.91. The molecule has 6 nitrogen and oxygen atoms in total. The molecule has 0 saturated carbocycles. The van der Waals surface area contributed by atoms with Gasteiger partial charge in [0.2, 0.25) is 0 Å². The topological polar surface area (TPSA) is 63.7 Å². The van der Waals surface area contributed by atoms with Crippen LogP contribution >= 0.6 is 0 Å². The second-order valence-corrected chi connectivity index (χ2v) is 6.49. The fourth-order valence-electron chi connectivity index (χ4n) is 2.38. The van der Waals surface area contributed by atoms with E-state index >= 15 is 0 Å². The summed E-state index contributed by atoms with van der Waals surface area (Å²) in [6, 6.07) is 3.93. The Morgan fingerprint density at radius 3 is 2.77 bits per heavy atom.